The number of nitrogens with one attached hydrogen (secondary N) is 2. The van der Waals surface area contributed by atoms with Crippen LogP contribution in [0.4, 0.5) is 11.5 Å². The standard InChI is InChI=1S/C20H27N3O2/c1-14(2)11-12-21-19-10-5-16(13-22-19)20(24)23-17-6-8-18(9-7-17)25-15(3)4/h5-10,13-15H,11-12H2,1-4H3,(H,21,22)(H,23,24). The van der Waals surface area contributed by atoms with Crippen molar-refractivity contribution in [3.63, 3.8) is 0 Å². The minimum Gasteiger partial charge on any atom is -0.491 e. The molecule has 134 valence electrons. The summed E-state index contributed by atoms with van der Waals surface area (Å²) >= 11 is 0. The summed E-state index contributed by atoms with van der Waals surface area (Å²) in [6, 6.07) is 10.9. The molecule has 0 aliphatic rings. The number of benzene rings is 1. The van der Waals surface area contributed by atoms with E-state index in [0.29, 0.717) is 11.5 Å². The molecule has 2 aromatic rings. The third-order valence-corrected chi connectivity index (χ3v) is 3.54. The van der Waals surface area contributed by atoms with Crippen molar-refractivity contribution in [2.24, 2.45) is 5.92 Å². The van der Waals surface area contributed by atoms with Gasteiger partial charge in [0.2, 0.25) is 0 Å². The number of ether oxygens (including phenoxy) is 1. The average molecular weight is 341 g/mol. The van der Waals surface area contributed by atoms with Gasteiger partial charge in [-0.05, 0) is 62.6 Å². The van der Waals surface area contributed by atoms with Gasteiger partial charge in [0.1, 0.15) is 11.6 Å². The second-order valence-corrected chi connectivity index (χ2v) is 6.69. The van der Waals surface area contributed by atoms with E-state index >= 15 is 0 Å². The van der Waals surface area contributed by atoms with Gasteiger partial charge >= 0.3 is 0 Å². The van der Waals surface area contributed by atoms with Crippen LogP contribution in [0, 0.1) is 5.92 Å². The van der Waals surface area contributed by atoms with Crippen molar-refractivity contribution in [2.45, 2.75) is 40.2 Å². The minimum atomic E-state index is -0.182. The first-order valence-corrected chi connectivity index (χ1v) is 8.72. The van der Waals surface area contributed by atoms with Crippen LogP contribution < -0.4 is 15.4 Å². The topological polar surface area (TPSA) is 63.2 Å². The molecule has 1 aromatic carbocycles. The van der Waals surface area contributed by atoms with Crippen molar-refractivity contribution in [1.82, 2.24) is 4.98 Å². The Morgan fingerprint density at radius 1 is 1.08 bits per heavy atom. The molecule has 2 N–H and O–H groups in total. The summed E-state index contributed by atoms with van der Waals surface area (Å²) in [6.07, 6.45) is 2.79. The summed E-state index contributed by atoms with van der Waals surface area (Å²) in [5.41, 5.74) is 1.25. The Bertz CT molecular complexity index is 664. The first-order valence-electron chi connectivity index (χ1n) is 8.72. The molecule has 0 bridgehead atoms. The summed E-state index contributed by atoms with van der Waals surface area (Å²) in [6.45, 7) is 9.20. The van der Waals surface area contributed by atoms with Crippen LogP contribution in [0.5, 0.6) is 5.75 Å². The third kappa shape index (κ3) is 6.45. The Hall–Kier alpha value is -2.56. The van der Waals surface area contributed by atoms with Crippen LogP contribution in [0.15, 0.2) is 42.6 Å². The molecular weight excluding hydrogens is 314 g/mol. The molecule has 0 radical (unpaired) electrons. The molecule has 0 unspecified atom stereocenters. The summed E-state index contributed by atoms with van der Waals surface area (Å²) in [5.74, 6) is 2.03. The molecule has 1 aromatic heterocycles. The number of carbonyl (C=O) groups is 1. The number of hydrogen-bond acceptors (Lipinski definition) is 4. The second-order valence-electron chi connectivity index (χ2n) is 6.69. The number of amides is 1. The molecule has 0 fully saturated rings. The van der Waals surface area contributed by atoms with Crippen LogP contribution in [0.1, 0.15) is 44.5 Å². The zero-order chi connectivity index (χ0) is 18.2. The molecule has 25 heavy (non-hydrogen) atoms. The summed E-state index contributed by atoms with van der Waals surface area (Å²) in [7, 11) is 0. The maximum Gasteiger partial charge on any atom is 0.257 e. The largest absolute Gasteiger partial charge is 0.491 e. The smallest absolute Gasteiger partial charge is 0.257 e. The number of hydrogen-bond donors (Lipinski definition) is 2. The van der Waals surface area contributed by atoms with Crippen LogP contribution in [0.2, 0.25) is 0 Å². The fraction of sp³-hybridized carbons (Fsp3) is 0.400. The van der Waals surface area contributed by atoms with Crippen molar-refractivity contribution < 1.29 is 9.53 Å². The van der Waals surface area contributed by atoms with Gasteiger partial charge in [0, 0.05) is 18.4 Å². The highest BCUT2D eigenvalue weighted by molar-refractivity contribution is 6.04. The lowest BCUT2D eigenvalue weighted by molar-refractivity contribution is 0.102. The minimum absolute atomic E-state index is 0.124. The summed E-state index contributed by atoms with van der Waals surface area (Å²) in [5, 5.41) is 6.12. The molecule has 1 heterocycles. The number of nitrogens with zero attached hydrogens (tertiary/aromatic N) is 1. The van der Waals surface area contributed by atoms with Gasteiger partial charge < -0.3 is 15.4 Å². The zero-order valence-corrected chi connectivity index (χ0v) is 15.4. The van der Waals surface area contributed by atoms with Crippen LogP contribution in [0.25, 0.3) is 0 Å². The number of carbonyl (C=O) groups excluding carboxylic acids is 1. The predicted octanol–water partition coefficient (Wildman–Crippen LogP) is 4.58. The Kier molecular flexibility index (Phi) is 6.81. The maximum atomic E-state index is 12.3. The van der Waals surface area contributed by atoms with Crippen molar-refractivity contribution in [3.05, 3.63) is 48.2 Å². The SMILES string of the molecule is CC(C)CCNc1ccc(C(=O)Nc2ccc(OC(C)C)cc2)cn1. The van der Waals surface area contributed by atoms with Crippen LogP contribution in [-0.2, 0) is 0 Å². The monoisotopic (exact) mass is 341 g/mol. The summed E-state index contributed by atoms with van der Waals surface area (Å²) in [4.78, 5) is 16.6. The van der Waals surface area contributed by atoms with Crippen LogP contribution in [-0.4, -0.2) is 23.5 Å². The number of aromatic nitrogens is 1. The fourth-order valence-electron chi connectivity index (χ4n) is 2.21. The fourth-order valence-corrected chi connectivity index (χ4v) is 2.21. The Balaban J connectivity index is 1.89. The van der Waals surface area contributed by atoms with Crippen molar-refractivity contribution in [1.29, 1.82) is 0 Å². The molecule has 1 amide bonds. The van der Waals surface area contributed by atoms with Crippen molar-refractivity contribution in [2.75, 3.05) is 17.2 Å². The molecule has 5 nitrogen and oxygen atoms in total. The lowest BCUT2D eigenvalue weighted by atomic mass is 10.1. The van der Waals surface area contributed by atoms with Gasteiger partial charge in [0.05, 0.1) is 11.7 Å². The zero-order valence-electron chi connectivity index (χ0n) is 15.4. The van der Waals surface area contributed by atoms with E-state index in [0.717, 1.165) is 30.2 Å². The highest BCUT2D eigenvalue weighted by Gasteiger charge is 2.07. The van der Waals surface area contributed by atoms with E-state index in [1.54, 1.807) is 12.3 Å². The number of pyridine rings is 1. The lowest BCUT2D eigenvalue weighted by Crippen LogP contribution is -2.13. The third-order valence-electron chi connectivity index (χ3n) is 3.54. The Morgan fingerprint density at radius 2 is 1.80 bits per heavy atom. The van der Waals surface area contributed by atoms with Gasteiger partial charge in [-0.3, -0.25) is 4.79 Å². The van der Waals surface area contributed by atoms with E-state index < -0.39 is 0 Å². The van der Waals surface area contributed by atoms with Crippen molar-refractivity contribution >= 4 is 17.4 Å². The van der Waals surface area contributed by atoms with E-state index in [4.69, 9.17) is 4.74 Å². The average Bonchev–Trinajstić information content (AvgIpc) is 2.56. The number of rotatable bonds is 8. The lowest BCUT2D eigenvalue weighted by Gasteiger charge is -2.11. The molecule has 0 atom stereocenters. The first-order chi connectivity index (χ1) is 11.9. The molecular formula is C20H27N3O2. The Labute approximate surface area is 149 Å². The highest BCUT2D eigenvalue weighted by atomic mass is 16.5. The van der Waals surface area contributed by atoms with E-state index in [-0.39, 0.29) is 12.0 Å². The van der Waals surface area contributed by atoms with Gasteiger partial charge in [-0.2, -0.15) is 0 Å². The van der Waals surface area contributed by atoms with Crippen LogP contribution in [0.3, 0.4) is 0 Å². The van der Waals surface area contributed by atoms with E-state index in [1.807, 2.05) is 44.2 Å². The van der Waals surface area contributed by atoms with Crippen molar-refractivity contribution in [3.8, 4) is 5.75 Å². The Morgan fingerprint density at radius 3 is 2.36 bits per heavy atom. The van der Waals surface area contributed by atoms with Gasteiger partial charge in [-0.1, -0.05) is 13.8 Å². The molecule has 0 saturated carbocycles. The van der Waals surface area contributed by atoms with E-state index in [2.05, 4.69) is 29.5 Å². The first kappa shape index (κ1) is 18.8. The molecule has 0 spiro atoms. The van der Waals surface area contributed by atoms with Gasteiger partial charge in [-0.25, -0.2) is 4.98 Å². The highest BCUT2D eigenvalue weighted by Crippen LogP contribution is 2.17. The van der Waals surface area contributed by atoms with Gasteiger partial charge in [0.15, 0.2) is 0 Å². The van der Waals surface area contributed by atoms with Gasteiger partial charge in [0.25, 0.3) is 5.91 Å². The molecule has 0 aliphatic carbocycles. The summed E-state index contributed by atoms with van der Waals surface area (Å²) < 4.78 is 5.59. The molecule has 0 saturated heterocycles. The van der Waals surface area contributed by atoms with Gasteiger partial charge in [-0.15, -0.1) is 0 Å². The normalized spacial score (nSPS) is 10.8. The molecule has 2 rings (SSSR count). The molecule has 0 aliphatic heterocycles. The quantitative estimate of drug-likeness (QED) is 0.738. The van der Waals surface area contributed by atoms with E-state index in [9.17, 15) is 4.79 Å². The predicted molar refractivity (Wildman–Crippen MR) is 102 cm³/mol. The second kappa shape index (κ2) is 9.06. The maximum absolute atomic E-state index is 12.3. The number of anilines is 2. The van der Waals surface area contributed by atoms with E-state index in [1.165, 1.54) is 0 Å². The van der Waals surface area contributed by atoms with Crippen LogP contribution >= 0.6 is 0 Å². The molecule has 5 heteroatoms.